The fraction of sp³-hybridized carbons (Fsp3) is 0.462. The molecule has 1 saturated heterocycles. The van der Waals surface area contributed by atoms with E-state index < -0.39 is 37.1 Å². The van der Waals surface area contributed by atoms with Crippen molar-refractivity contribution in [1.82, 2.24) is 4.98 Å². The van der Waals surface area contributed by atoms with Crippen molar-refractivity contribution in [3.63, 3.8) is 0 Å². The molecule has 1 fully saturated rings. The van der Waals surface area contributed by atoms with Gasteiger partial charge >= 0.3 is 7.12 Å². The normalized spacial score (nSPS) is 26.2. The van der Waals surface area contributed by atoms with Crippen molar-refractivity contribution in [2.75, 3.05) is 0 Å². The van der Waals surface area contributed by atoms with Crippen LogP contribution < -0.4 is 5.46 Å². The van der Waals surface area contributed by atoms with Crippen molar-refractivity contribution in [1.29, 1.82) is 0 Å². The molecular weight excluding hydrogens is 213 g/mol. The first-order valence-electron chi connectivity index (χ1n) is 8.37. The van der Waals surface area contributed by atoms with E-state index in [9.17, 15) is 0 Å². The van der Waals surface area contributed by atoms with Crippen LogP contribution in [-0.2, 0) is 9.31 Å². The highest BCUT2D eigenvalue weighted by molar-refractivity contribution is 6.62. The van der Waals surface area contributed by atoms with E-state index in [4.69, 9.17) is 17.5 Å². The Balaban J connectivity index is 2.63. The average Bonchev–Trinajstić information content (AvgIpc) is 2.61. The summed E-state index contributed by atoms with van der Waals surface area (Å²) in [4.78, 5) is 3.69. The highest BCUT2D eigenvalue weighted by Crippen LogP contribution is 2.36. The smallest absolute Gasteiger partial charge is 0.399 e. The maximum absolute atomic E-state index is 8.18. The Labute approximate surface area is 111 Å². The molecule has 1 aliphatic heterocycles. The molecule has 3 nitrogen and oxygen atoms in total. The molecule has 1 aromatic rings. The maximum Gasteiger partial charge on any atom is 0.494 e. The molecule has 0 spiro atoms. The highest BCUT2D eigenvalue weighted by Gasteiger charge is 2.51. The zero-order valence-electron chi connectivity index (χ0n) is 16.3. The van der Waals surface area contributed by atoms with Gasteiger partial charge in [-0.25, -0.2) is 0 Å². The van der Waals surface area contributed by atoms with Crippen LogP contribution in [0.4, 0.5) is 0 Å². The molecule has 0 atom stereocenters. The van der Waals surface area contributed by atoms with Gasteiger partial charge in [0, 0.05) is 6.17 Å². The number of nitrogens with zero attached hydrogens (tertiary/aromatic N) is 1. The van der Waals surface area contributed by atoms with Crippen molar-refractivity contribution >= 4 is 18.6 Å². The highest BCUT2D eigenvalue weighted by atomic mass is 16.7. The Morgan fingerprint density at radius 1 is 1.47 bits per heavy atom. The van der Waals surface area contributed by atoms with Crippen LogP contribution in [0.15, 0.2) is 24.8 Å². The molecule has 0 aromatic carbocycles. The first kappa shape index (κ1) is 6.71. The molecule has 0 aliphatic carbocycles. The third kappa shape index (κ3) is 2.15. The predicted molar refractivity (Wildman–Crippen MR) is 70.0 cm³/mol. The topological polar surface area (TPSA) is 31.4 Å². The van der Waals surface area contributed by atoms with Crippen molar-refractivity contribution in [2.45, 2.75) is 38.9 Å². The standard InChI is InChI=1S/C13H18BNO2/c1-6-11-9-10(7-8-15-11)14-16-12(2,3)13(4,5)17-14/h6-9H,1H2,2-5H3/i1D2,6D,7D,8D,9D. The summed E-state index contributed by atoms with van der Waals surface area (Å²) in [7, 11) is -1.04. The Kier molecular flexibility index (Phi) is 1.57. The van der Waals surface area contributed by atoms with Gasteiger partial charge in [-0.2, -0.15) is 0 Å². The number of rotatable bonds is 2. The van der Waals surface area contributed by atoms with Crippen LogP contribution in [0.25, 0.3) is 6.05 Å². The number of hydrogen-bond donors (Lipinski definition) is 0. The summed E-state index contributed by atoms with van der Waals surface area (Å²) in [6.45, 7) is 6.48. The Bertz CT molecular complexity index is 672. The predicted octanol–water partition coefficient (Wildman–Crippen LogP) is 2.02. The molecule has 0 saturated carbocycles. The lowest BCUT2D eigenvalue weighted by atomic mass is 9.79. The van der Waals surface area contributed by atoms with Gasteiger partial charge in [-0.1, -0.05) is 6.53 Å². The van der Waals surface area contributed by atoms with E-state index in [-0.39, 0.29) is 23.2 Å². The first-order chi connectivity index (χ1) is 10.4. The van der Waals surface area contributed by atoms with E-state index in [1.54, 1.807) is 0 Å². The van der Waals surface area contributed by atoms with Crippen LogP contribution >= 0.6 is 0 Å². The van der Waals surface area contributed by atoms with Gasteiger partial charge in [0.2, 0.25) is 0 Å². The van der Waals surface area contributed by atoms with Crippen LogP contribution in [0, 0.1) is 0 Å². The molecule has 1 aromatic heterocycles. The van der Waals surface area contributed by atoms with Crippen LogP contribution in [0.2, 0.25) is 0 Å². The molecule has 2 rings (SSSR count). The SMILES string of the molecule is [2H]C([2H])=C([2H])c1nc([2H])c([2H])c(B2OC(C)(C)C(C)(C)O2)c1[2H]. The minimum absolute atomic E-state index is 0.00958. The van der Waals surface area contributed by atoms with Gasteiger partial charge in [-0.15, -0.1) is 0 Å². The number of pyridine rings is 1. The van der Waals surface area contributed by atoms with E-state index in [0.717, 1.165) is 0 Å². The monoisotopic (exact) mass is 237 g/mol. The van der Waals surface area contributed by atoms with E-state index in [1.165, 1.54) is 0 Å². The van der Waals surface area contributed by atoms with Gasteiger partial charge in [0.1, 0.15) is 0 Å². The maximum atomic E-state index is 8.18. The second-order valence-electron chi connectivity index (χ2n) is 4.95. The van der Waals surface area contributed by atoms with Gasteiger partial charge in [0.15, 0.2) is 0 Å². The zero-order chi connectivity index (χ0) is 17.7. The van der Waals surface area contributed by atoms with Gasteiger partial charge in [-0.05, 0) is 51.3 Å². The van der Waals surface area contributed by atoms with E-state index in [2.05, 4.69) is 4.98 Å². The van der Waals surface area contributed by atoms with E-state index >= 15 is 0 Å². The molecule has 2 heterocycles. The zero-order valence-corrected chi connectivity index (χ0v) is 10.3. The van der Waals surface area contributed by atoms with Crippen molar-refractivity contribution in [3.8, 4) is 0 Å². The summed E-state index contributed by atoms with van der Waals surface area (Å²) < 4.78 is 57.7. The molecular formula is C13H18BNO2. The summed E-state index contributed by atoms with van der Waals surface area (Å²) in [5.41, 5.74) is -1.67. The van der Waals surface area contributed by atoms with Crippen LogP contribution in [-0.4, -0.2) is 23.3 Å². The summed E-state index contributed by atoms with van der Waals surface area (Å²) in [5.74, 6) is 0. The molecule has 1 aliphatic rings. The van der Waals surface area contributed by atoms with Crippen LogP contribution in [0.5, 0.6) is 0 Å². The Hall–Kier alpha value is -1.13. The number of hydrogen-bond acceptors (Lipinski definition) is 3. The van der Waals surface area contributed by atoms with Gasteiger partial charge in [0.05, 0.1) is 25.1 Å². The molecule has 0 unspecified atom stereocenters. The third-order valence-electron chi connectivity index (χ3n) is 3.22. The Morgan fingerprint density at radius 3 is 2.71 bits per heavy atom. The van der Waals surface area contributed by atoms with E-state index in [0.29, 0.717) is 0 Å². The number of aromatic nitrogens is 1. The minimum atomic E-state index is -1.04. The van der Waals surface area contributed by atoms with Gasteiger partial charge in [-0.3, -0.25) is 4.98 Å². The quantitative estimate of drug-likeness (QED) is 0.737. The van der Waals surface area contributed by atoms with Crippen LogP contribution in [0.1, 0.15) is 41.6 Å². The van der Waals surface area contributed by atoms with E-state index in [1.807, 2.05) is 27.7 Å². The first-order valence-corrected chi connectivity index (χ1v) is 5.37. The van der Waals surface area contributed by atoms with Crippen LogP contribution in [0.3, 0.4) is 0 Å². The molecule has 0 radical (unpaired) electrons. The lowest BCUT2D eigenvalue weighted by Gasteiger charge is -2.32. The fourth-order valence-corrected chi connectivity index (χ4v) is 1.47. The average molecular weight is 237 g/mol. The molecule has 90 valence electrons. The summed E-state index contributed by atoms with van der Waals surface area (Å²) in [6.07, 6.45) is -0.452. The van der Waals surface area contributed by atoms with Gasteiger partial charge in [0.25, 0.3) is 0 Å². The van der Waals surface area contributed by atoms with Crippen molar-refractivity contribution < 1.29 is 17.5 Å². The summed E-state index contributed by atoms with van der Waals surface area (Å²) >= 11 is 0. The molecule has 0 N–H and O–H groups in total. The largest absolute Gasteiger partial charge is 0.494 e. The second-order valence-corrected chi connectivity index (χ2v) is 4.95. The second kappa shape index (κ2) is 3.96. The Morgan fingerprint density at radius 2 is 2.12 bits per heavy atom. The molecule has 0 bridgehead atoms. The summed E-state index contributed by atoms with van der Waals surface area (Å²) in [6, 6.07) is -1.23. The van der Waals surface area contributed by atoms with Gasteiger partial charge < -0.3 is 9.31 Å². The third-order valence-corrected chi connectivity index (χ3v) is 3.22. The molecule has 17 heavy (non-hydrogen) atoms. The van der Waals surface area contributed by atoms with Crippen molar-refractivity contribution in [3.05, 3.63) is 30.5 Å². The lowest BCUT2D eigenvalue weighted by molar-refractivity contribution is 0.00578. The lowest BCUT2D eigenvalue weighted by Crippen LogP contribution is -2.41. The summed E-state index contributed by atoms with van der Waals surface area (Å²) in [5, 5.41) is 0. The fourth-order valence-electron chi connectivity index (χ4n) is 1.47. The molecule has 4 heteroatoms. The van der Waals surface area contributed by atoms with Crippen molar-refractivity contribution in [2.24, 2.45) is 0 Å². The minimum Gasteiger partial charge on any atom is -0.399 e. The molecule has 0 amide bonds.